The summed E-state index contributed by atoms with van der Waals surface area (Å²) in [5.41, 5.74) is 0. The first-order valence-corrected chi connectivity index (χ1v) is 3.97. The van der Waals surface area contributed by atoms with Crippen LogP contribution in [0.4, 0.5) is 0 Å². The minimum absolute atomic E-state index is 0.431. The van der Waals surface area contributed by atoms with Crippen LogP contribution in [0, 0.1) is 5.92 Å². The van der Waals surface area contributed by atoms with Gasteiger partial charge in [-0.2, -0.15) is 0 Å². The normalized spacial score (nSPS) is 17.2. The van der Waals surface area contributed by atoms with Gasteiger partial charge >= 0.3 is 0 Å². The smallest absolute Gasteiger partial charge is 0.0703 e. The molecule has 0 saturated carbocycles. The minimum atomic E-state index is 0.431. The van der Waals surface area contributed by atoms with E-state index in [4.69, 9.17) is 7.85 Å². The molecule has 0 bridgehead atoms. The summed E-state index contributed by atoms with van der Waals surface area (Å²) >= 11 is 0. The van der Waals surface area contributed by atoms with E-state index >= 15 is 0 Å². The predicted molar refractivity (Wildman–Crippen MR) is 43.9 cm³/mol. The molecule has 0 aliphatic carbocycles. The Morgan fingerprint density at radius 1 is 1.33 bits per heavy atom. The van der Waals surface area contributed by atoms with Crippen molar-refractivity contribution in [1.29, 1.82) is 0 Å². The first-order chi connectivity index (χ1) is 4.22. The largest absolute Gasteiger partial charge is 0.0749 e. The van der Waals surface area contributed by atoms with Crippen LogP contribution in [-0.4, -0.2) is 7.85 Å². The molecular formula is C8H17B. The summed E-state index contributed by atoms with van der Waals surface area (Å²) in [6.45, 7) is 6.60. The molecule has 0 saturated heterocycles. The lowest BCUT2D eigenvalue weighted by molar-refractivity contribution is 0.492. The topological polar surface area (TPSA) is 0 Å². The lowest BCUT2D eigenvalue weighted by Crippen LogP contribution is -2.03. The molecule has 2 radical (unpaired) electrons. The molecule has 9 heavy (non-hydrogen) atoms. The Hall–Kier alpha value is 0.0649. The highest BCUT2D eigenvalue weighted by molar-refractivity contribution is 6.11. The van der Waals surface area contributed by atoms with Gasteiger partial charge in [-0.05, 0) is 5.92 Å². The Balaban J connectivity index is 3.32. The molecule has 0 aromatic heterocycles. The van der Waals surface area contributed by atoms with E-state index in [1.807, 2.05) is 0 Å². The van der Waals surface area contributed by atoms with Crippen LogP contribution in [0.25, 0.3) is 0 Å². The molecule has 0 heterocycles. The molecule has 0 fully saturated rings. The standard InChI is InChI=1S/C8H17B/c1-4-6-8(9)7(3)5-2/h7-8H,4-6H2,1-3H3. The predicted octanol–water partition coefficient (Wildman–Crippen LogP) is 2.79. The van der Waals surface area contributed by atoms with Gasteiger partial charge in [-0.3, -0.25) is 0 Å². The Morgan fingerprint density at radius 2 is 1.89 bits per heavy atom. The van der Waals surface area contributed by atoms with Gasteiger partial charge in [0.05, 0.1) is 7.85 Å². The maximum atomic E-state index is 5.84. The molecule has 1 heteroatoms. The lowest BCUT2D eigenvalue weighted by Gasteiger charge is -2.16. The second-order valence-electron chi connectivity index (χ2n) is 2.84. The van der Waals surface area contributed by atoms with E-state index < -0.39 is 0 Å². The van der Waals surface area contributed by atoms with Crippen LogP contribution in [0.1, 0.15) is 40.0 Å². The van der Waals surface area contributed by atoms with E-state index in [9.17, 15) is 0 Å². The third-order valence-electron chi connectivity index (χ3n) is 2.00. The Kier molecular flexibility index (Phi) is 4.93. The molecule has 0 rings (SSSR count). The molecule has 0 amide bonds. The van der Waals surface area contributed by atoms with E-state index in [0.29, 0.717) is 11.7 Å². The lowest BCUT2D eigenvalue weighted by atomic mass is 9.73. The van der Waals surface area contributed by atoms with Gasteiger partial charge in [0.25, 0.3) is 0 Å². The van der Waals surface area contributed by atoms with Crippen molar-refractivity contribution in [2.45, 2.75) is 45.9 Å². The summed E-state index contributed by atoms with van der Waals surface area (Å²) in [6, 6.07) is 0. The fourth-order valence-electron chi connectivity index (χ4n) is 0.921. The van der Waals surface area contributed by atoms with Gasteiger partial charge in [0.15, 0.2) is 0 Å². The van der Waals surface area contributed by atoms with E-state index in [2.05, 4.69) is 20.8 Å². The van der Waals surface area contributed by atoms with Gasteiger partial charge in [0.1, 0.15) is 0 Å². The zero-order chi connectivity index (χ0) is 7.28. The third kappa shape index (κ3) is 3.61. The molecule has 52 valence electrons. The van der Waals surface area contributed by atoms with Crippen LogP contribution in [0.5, 0.6) is 0 Å². The molecule has 0 spiro atoms. The SMILES string of the molecule is [B]C(CCC)C(C)CC. The average Bonchev–Trinajstić information content (AvgIpc) is 1.87. The molecular weight excluding hydrogens is 107 g/mol. The van der Waals surface area contributed by atoms with Crippen molar-refractivity contribution in [2.24, 2.45) is 5.92 Å². The Bertz CT molecular complexity index is 61.6. The van der Waals surface area contributed by atoms with Crippen molar-refractivity contribution < 1.29 is 0 Å². The van der Waals surface area contributed by atoms with Crippen molar-refractivity contribution in [1.82, 2.24) is 0 Å². The molecule has 0 N–H and O–H groups in total. The number of hydrogen-bond acceptors (Lipinski definition) is 0. The first kappa shape index (κ1) is 9.06. The third-order valence-corrected chi connectivity index (χ3v) is 2.00. The molecule has 0 aromatic rings. The summed E-state index contributed by atoms with van der Waals surface area (Å²) < 4.78 is 0. The highest BCUT2D eigenvalue weighted by Gasteiger charge is 2.06. The van der Waals surface area contributed by atoms with Crippen molar-refractivity contribution in [3.63, 3.8) is 0 Å². The second kappa shape index (κ2) is 4.90. The van der Waals surface area contributed by atoms with Crippen molar-refractivity contribution in [3.8, 4) is 0 Å². The van der Waals surface area contributed by atoms with E-state index in [1.54, 1.807) is 0 Å². The second-order valence-corrected chi connectivity index (χ2v) is 2.84. The maximum absolute atomic E-state index is 5.84. The molecule has 2 unspecified atom stereocenters. The van der Waals surface area contributed by atoms with Gasteiger partial charge in [-0.25, -0.2) is 0 Å². The first-order valence-electron chi connectivity index (χ1n) is 3.97. The molecule has 0 aliphatic rings. The summed E-state index contributed by atoms with van der Waals surface area (Å²) in [5, 5.41) is 0. The maximum Gasteiger partial charge on any atom is 0.0703 e. The van der Waals surface area contributed by atoms with Crippen LogP contribution in [-0.2, 0) is 0 Å². The zero-order valence-electron chi connectivity index (χ0n) is 6.85. The summed E-state index contributed by atoms with van der Waals surface area (Å²) in [5.74, 6) is 1.13. The molecule has 2 atom stereocenters. The van der Waals surface area contributed by atoms with Gasteiger partial charge in [-0.15, -0.1) is 0 Å². The molecule has 0 aliphatic heterocycles. The highest BCUT2D eigenvalue weighted by atomic mass is 14.1. The van der Waals surface area contributed by atoms with E-state index in [1.165, 1.54) is 19.3 Å². The highest BCUT2D eigenvalue weighted by Crippen LogP contribution is 2.22. The van der Waals surface area contributed by atoms with Crippen LogP contribution in [0.15, 0.2) is 0 Å². The summed E-state index contributed by atoms with van der Waals surface area (Å²) in [6.07, 6.45) is 3.60. The van der Waals surface area contributed by atoms with Gasteiger partial charge in [-0.1, -0.05) is 45.9 Å². The van der Waals surface area contributed by atoms with E-state index in [0.717, 1.165) is 0 Å². The minimum Gasteiger partial charge on any atom is -0.0749 e. The van der Waals surface area contributed by atoms with Crippen molar-refractivity contribution in [2.75, 3.05) is 0 Å². The summed E-state index contributed by atoms with van der Waals surface area (Å²) in [4.78, 5) is 0. The van der Waals surface area contributed by atoms with Crippen LogP contribution < -0.4 is 0 Å². The fraction of sp³-hybridized carbons (Fsp3) is 1.00. The van der Waals surface area contributed by atoms with E-state index in [-0.39, 0.29) is 0 Å². The molecule has 0 aromatic carbocycles. The Labute approximate surface area is 60.4 Å². The van der Waals surface area contributed by atoms with Crippen molar-refractivity contribution >= 4 is 7.85 Å². The van der Waals surface area contributed by atoms with Crippen LogP contribution in [0.3, 0.4) is 0 Å². The average molecular weight is 124 g/mol. The van der Waals surface area contributed by atoms with Gasteiger partial charge in [0, 0.05) is 0 Å². The summed E-state index contributed by atoms with van der Waals surface area (Å²) in [7, 11) is 5.84. The van der Waals surface area contributed by atoms with Gasteiger partial charge in [0.2, 0.25) is 0 Å². The van der Waals surface area contributed by atoms with Crippen LogP contribution >= 0.6 is 0 Å². The monoisotopic (exact) mass is 124 g/mol. The number of hydrogen-bond donors (Lipinski definition) is 0. The molecule has 0 nitrogen and oxygen atoms in total. The quantitative estimate of drug-likeness (QED) is 0.505. The Morgan fingerprint density at radius 3 is 2.22 bits per heavy atom. The fourth-order valence-corrected chi connectivity index (χ4v) is 0.921. The van der Waals surface area contributed by atoms with Crippen molar-refractivity contribution in [3.05, 3.63) is 0 Å². The van der Waals surface area contributed by atoms with Gasteiger partial charge < -0.3 is 0 Å². The zero-order valence-corrected chi connectivity index (χ0v) is 6.85. The van der Waals surface area contributed by atoms with Crippen LogP contribution in [0.2, 0.25) is 5.82 Å². The number of rotatable bonds is 4.